The molecule has 0 heterocycles. The molecule has 1 atom stereocenters. The van der Waals surface area contributed by atoms with Crippen molar-refractivity contribution in [3.63, 3.8) is 0 Å². The quantitative estimate of drug-likeness (QED) is 0.801. The summed E-state index contributed by atoms with van der Waals surface area (Å²) in [5, 5.41) is 14.6. The van der Waals surface area contributed by atoms with Gasteiger partial charge in [0.25, 0.3) is 0 Å². The van der Waals surface area contributed by atoms with Crippen molar-refractivity contribution in [2.75, 3.05) is 20.8 Å². The Morgan fingerprint density at radius 3 is 2.42 bits per heavy atom. The fourth-order valence-corrected chi connectivity index (χ4v) is 2.53. The van der Waals surface area contributed by atoms with Crippen LogP contribution in [0.3, 0.4) is 0 Å². The molecule has 136 valence electrons. The SMILES string of the molecule is COc1ccc(CCNC(=O)NC(C)c2ccc(C#N)cc2)cc1OC. The minimum atomic E-state index is -0.234. The Labute approximate surface area is 153 Å². The minimum absolute atomic E-state index is 0.149. The van der Waals surface area contributed by atoms with Crippen LogP contribution in [0.4, 0.5) is 4.79 Å². The molecule has 0 saturated heterocycles. The molecule has 2 amide bonds. The van der Waals surface area contributed by atoms with Gasteiger partial charge in [-0.25, -0.2) is 4.79 Å². The Kier molecular flexibility index (Phi) is 6.86. The van der Waals surface area contributed by atoms with E-state index in [9.17, 15) is 4.79 Å². The summed E-state index contributed by atoms with van der Waals surface area (Å²) < 4.78 is 10.5. The van der Waals surface area contributed by atoms with Gasteiger partial charge in [-0.2, -0.15) is 5.26 Å². The standard InChI is InChI=1S/C20H23N3O3/c1-14(17-7-4-16(13-21)5-8-17)23-20(24)22-11-10-15-6-9-18(25-2)19(12-15)26-3/h4-9,12,14H,10-11H2,1-3H3,(H2,22,23,24). The lowest BCUT2D eigenvalue weighted by Crippen LogP contribution is -2.38. The molecule has 0 aliphatic rings. The first-order valence-electron chi connectivity index (χ1n) is 8.32. The van der Waals surface area contributed by atoms with E-state index in [1.165, 1.54) is 0 Å². The average molecular weight is 353 g/mol. The predicted octanol–water partition coefficient (Wildman–Crippen LogP) is 3.18. The summed E-state index contributed by atoms with van der Waals surface area (Å²) in [6.45, 7) is 2.40. The van der Waals surface area contributed by atoms with E-state index in [1.807, 2.05) is 37.3 Å². The average Bonchev–Trinajstić information content (AvgIpc) is 2.67. The van der Waals surface area contributed by atoms with Gasteiger partial charge in [-0.15, -0.1) is 0 Å². The van der Waals surface area contributed by atoms with Crippen LogP contribution in [0, 0.1) is 11.3 Å². The molecule has 1 unspecified atom stereocenters. The largest absolute Gasteiger partial charge is 0.493 e. The fraction of sp³-hybridized carbons (Fsp3) is 0.300. The number of urea groups is 1. The van der Waals surface area contributed by atoms with Crippen LogP contribution in [-0.2, 0) is 6.42 Å². The first-order valence-corrected chi connectivity index (χ1v) is 8.32. The van der Waals surface area contributed by atoms with Crippen molar-refractivity contribution in [3.8, 4) is 17.6 Å². The lowest BCUT2D eigenvalue weighted by molar-refractivity contribution is 0.238. The highest BCUT2D eigenvalue weighted by Gasteiger charge is 2.09. The number of carbonyl (C=O) groups is 1. The van der Waals surface area contributed by atoms with Gasteiger partial charge in [-0.3, -0.25) is 0 Å². The number of methoxy groups -OCH3 is 2. The number of ether oxygens (including phenoxy) is 2. The van der Waals surface area contributed by atoms with Crippen LogP contribution >= 0.6 is 0 Å². The molecule has 0 aromatic heterocycles. The second kappa shape index (κ2) is 9.33. The summed E-state index contributed by atoms with van der Waals surface area (Å²) in [6, 6.07) is 14.5. The van der Waals surface area contributed by atoms with E-state index in [0.717, 1.165) is 11.1 Å². The van der Waals surface area contributed by atoms with Gasteiger partial charge in [0.2, 0.25) is 0 Å². The lowest BCUT2D eigenvalue weighted by Gasteiger charge is -2.15. The highest BCUT2D eigenvalue weighted by Crippen LogP contribution is 2.27. The second-order valence-corrected chi connectivity index (χ2v) is 5.80. The van der Waals surface area contributed by atoms with Crippen LogP contribution in [-0.4, -0.2) is 26.8 Å². The van der Waals surface area contributed by atoms with Gasteiger partial charge in [-0.05, 0) is 48.7 Å². The maximum atomic E-state index is 12.0. The Balaban J connectivity index is 1.82. The normalized spacial score (nSPS) is 11.2. The van der Waals surface area contributed by atoms with Crippen LogP contribution < -0.4 is 20.1 Å². The smallest absolute Gasteiger partial charge is 0.315 e. The highest BCUT2D eigenvalue weighted by atomic mass is 16.5. The van der Waals surface area contributed by atoms with Crippen LogP contribution in [0.1, 0.15) is 29.7 Å². The van der Waals surface area contributed by atoms with Gasteiger partial charge >= 0.3 is 6.03 Å². The molecule has 2 N–H and O–H groups in total. The molecule has 6 heteroatoms. The number of nitrogens with zero attached hydrogens (tertiary/aromatic N) is 1. The Morgan fingerprint density at radius 1 is 1.12 bits per heavy atom. The summed E-state index contributed by atoms with van der Waals surface area (Å²) in [4.78, 5) is 12.0. The van der Waals surface area contributed by atoms with Gasteiger partial charge in [-0.1, -0.05) is 18.2 Å². The van der Waals surface area contributed by atoms with Gasteiger partial charge in [0.15, 0.2) is 11.5 Å². The first kappa shape index (κ1) is 19.1. The molecule has 0 radical (unpaired) electrons. The molecule has 0 aliphatic carbocycles. The van der Waals surface area contributed by atoms with E-state index < -0.39 is 0 Å². The summed E-state index contributed by atoms with van der Waals surface area (Å²) >= 11 is 0. The first-order chi connectivity index (χ1) is 12.6. The Morgan fingerprint density at radius 2 is 1.81 bits per heavy atom. The summed E-state index contributed by atoms with van der Waals surface area (Å²) in [5.41, 5.74) is 2.59. The van der Waals surface area contributed by atoms with E-state index in [-0.39, 0.29) is 12.1 Å². The molecule has 0 saturated carbocycles. The molecule has 2 aromatic rings. The van der Waals surface area contributed by atoms with Gasteiger partial charge in [0.05, 0.1) is 31.9 Å². The van der Waals surface area contributed by atoms with Crippen LogP contribution in [0.2, 0.25) is 0 Å². The molecular formula is C20H23N3O3. The maximum Gasteiger partial charge on any atom is 0.315 e. The third-order valence-corrected chi connectivity index (χ3v) is 4.03. The fourth-order valence-electron chi connectivity index (χ4n) is 2.53. The number of hydrogen-bond donors (Lipinski definition) is 2. The van der Waals surface area contributed by atoms with Crippen molar-refractivity contribution in [3.05, 3.63) is 59.2 Å². The predicted molar refractivity (Wildman–Crippen MR) is 99.4 cm³/mol. The van der Waals surface area contributed by atoms with Gasteiger partial charge in [0, 0.05) is 6.54 Å². The van der Waals surface area contributed by atoms with E-state index in [0.29, 0.717) is 30.0 Å². The van der Waals surface area contributed by atoms with E-state index in [1.54, 1.807) is 26.4 Å². The molecule has 0 fully saturated rings. The zero-order valence-electron chi connectivity index (χ0n) is 15.2. The zero-order valence-corrected chi connectivity index (χ0v) is 15.2. The number of nitrogens with one attached hydrogen (secondary N) is 2. The van der Waals surface area contributed by atoms with Crippen LogP contribution in [0.5, 0.6) is 11.5 Å². The third kappa shape index (κ3) is 5.15. The number of nitriles is 1. The Bertz CT molecular complexity index is 782. The number of benzene rings is 2. The maximum absolute atomic E-state index is 12.0. The second-order valence-electron chi connectivity index (χ2n) is 5.80. The number of hydrogen-bond acceptors (Lipinski definition) is 4. The van der Waals surface area contributed by atoms with Crippen LogP contribution in [0.25, 0.3) is 0 Å². The van der Waals surface area contributed by atoms with Crippen molar-refractivity contribution in [2.24, 2.45) is 0 Å². The summed E-state index contributed by atoms with van der Waals surface area (Å²) in [5.74, 6) is 1.35. The number of carbonyl (C=O) groups excluding carboxylic acids is 1. The third-order valence-electron chi connectivity index (χ3n) is 4.03. The monoisotopic (exact) mass is 353 g/mol. The number of rotatable bonds is 7. The number of amides is 2. The minimum Gasteiger partial charge on any atom is -0.493 e. The molecule has 6 nitrogen and oxygen atoms in total. The van der Waals surface area contributed by atoms with Crippen LogP contribution in [0.15, 0.2) is 42.5 Å². The molecule has 2 aromatic carbocycles. The van der Waals surface area contributed by atoms with Gasteiger partial charge < -0.3 is 20.1 Å². The van der Waals surface area contributed by atoms with E-state index in [2.05, 4.69) is 16.7 Å². The lowest BCUT2D eigenvalue weighted by atomic mass is 10.1. The zero-order chi connectivity index (χ0) is 18.9. The van der Waals surface area contributed by atoms with Crippen molar-refractivity contribution in [2.45, 2.75) is 19.4 Å². The van der Waals surface area contributed by atoms with Crippen molar-refractivity contribution < 1.29 is 14.3 Å². The highest BCUT2D eigenvalue weighted by molar-refractivity contribution is 5.74. The summed E-state index contributed by atoms with van der Waals surface area (Å²) in [6.07, 6.45) is 0.680. The van der Waals surface area contributed by atoms with E-state index >= 15 is 0 Å². The van der Waals surface area contributed by atoms with Gasteiger partial charge in [0.1, 0.15) is 0 Å². The van der Waals surface area contributed by atoms with E-state index in [4.69, 9.17) is 14.7 Å². The topological polar surface area (TPSA) is 83.4 Å². The Hall–Kier alpha value is -3.20. The molecule has 2 rings (SSSR count). The molecule has 0 spiro atoms. The molecular weight excluding hydrogens is 330 g/mol. The molecule has 26 heavy (non-hydrogen) atoms. The molecule has 0 aliphatic heterocycles. The van der Waals surface area contributed by atoms with Crippen molar-refractivity contribution in [1.82, 2.24) is 10.6 Å². The van der Waals surface area contributed by atoms with Crippen molar-refractivity contribution >= 4 is 6.03 Å². The molecule has 0 bridgehead atoms. The van der Waals surface area contributed by atoms with Crippen molar-refractivity contribution in [1.29, 1.82) is 5.26 Å². The summed E-state index contributed by atoms with van der Waals surface area (Å²) in [7, 11) is 3.19.